The van der Waals surface area contributed by atoms with Crippen LogP contribution in [0.15, 0.2) is 250 Å². The van der Waals surface area contributed by atoms with Crippen LogP contribution in [0.2, 0.25) is 0 Å². The third-order valence-electron chi connectivity index (χ3n) is 15.1. The predicted molar refractivity (Wildman–Crippen MR) is 306 cm³/mol. The Morgan fingerprint density at radius 2 is 0.623 bits per heavy atom. The second kappa shape index (κ2) is 17.6. The number of benzene rings is 10. The summed E-state index contributed by atoms with van der Waals surface area (Å²) < 4.78 is 54.6. The smallest absolute Gasteiger partial charge is 0.211 e. The maximum Gasteiger partial charge on any atom is 0.211 e. The molecule has 0 saturated carbocycles. The molecular formula is C67H42N2O6S2. The third kappa shape index (κ3) is 7.32. The molecular weight excluding hydrogens is 993 g/mol. The van der Waals surface area contributed by atoms with Crippen molar-refractivity contribution in [2.24, 2.45) is 0 Å². The van der Waals surface area contributed by atoms with Crippen LogP contribution in [-0.2, 0) is 26.1 Å². The van der Waals surface area contributed by atoms with E-state index in [-0.39, 0.29) is 30.7 Å². The number of anilines is 6. The van der Waals surface area contributed by atoms with E-state index in [1.807, 2.05) is 84.9 Å². The van der Waals surface area contributed by atoms with Gasteiger partial charge in [0.2, 0.25) is 31.2 Å². The van der Waals surface area contributed by atoms with Gasteiger partial charge in [-0.1, -0.05) is 146 Å². The number of Topliss-reactive ketones (excluding diaryl/α,β-unsaturated/α-hetero) is 2. The van der Waals surface area contributed by atoms with Gasteiger partial charge in [0.05, 0.1) is 32.5 Å². The molecule has 77 heavy (non-hydrogen) atoms. The number of rotatable bonds is 6. The van der Waals surface area contributed by atoms with Crippen LogP contribution in [0.1, 0.15) is 43.0 Å². The van der Waals surface area contributed by atoms with Crippen LogP contribution in [0, 0.1) is 0 Å². The number of fused-ring (bicyclic) bond motifs is 12. The zero-order chi connectivity index (χ0) is 52.2. The van der Waals surface area contributed by atoms with Gasteiger partial charge in [-0.25, -0.2) is 16.8 Å². The van der Waals surface area contributed by atoms with Crippen molar-refractivity contribution in [1.29, 1.82) is 0 Å². The highest BCUT2D eigenvalue weighted by Gasteiger charge is 2.40. The summed E-state index contributed by atoms with van der Waals surface area (Å²) in [5, 5.41) is 0. The van der Waals surface area contributed by atoms with Gasteiger partial charge in [-0.2, -0.15) is 0 Å². The molecule has 4 aliphatic heterocycles. The summed E-state index contributed by atoms with van der Waals surface area (Å²) in [4.78, 5) is 31.1. The summed E-state index contributed by atoms with van der Waals surface area (Å²) in [5.74, 6) is -1.000. The number of sulfone groups is 2. The molecule has 0 spiro atoms. The van der Waals surface area contributed by atoms with Gasteiger partial charge in [0.15, 0.2) is 0 Å². The van der Waals surface area contributed by atoms with Crippen LogP contribution in [-0.4, -0.2) is 28.4 Å². The molecule has 0 saturated heterocycles. The monoisotopic (exact) mass is 1030 g/mol. The molecule has 0 bridgehead atoms. The predicted octanol–water partition coefficient (Wildman–Crippen LogP) is 15.5. The lowest BCUT2D eigenvalue weighted by molar-refractivity contribution is 0.103. The number of carbonyl (C=O) groups excluding carboxylic acids is 2. The summed E-state index contributed by atoms with van der Waals surface area (Å²) in [5.41, 5.74) is 17.5. The van der Waals surface area contributed by atoms with Crippen molar-refractivity contribution in [2.75, 3.05) is 9.80 Å². The standard InChI is InChI=1S/C67H42N2O6S2/c70-66-54-19-7-11-23-62(54)76(72,73)64(66)40-44-29-35-60-56(38-44)50-15-3-1-13-48(50)52-17-5-9-21-58(52)68(60)46-31-25-42(26-32-46)37-43-27-33-47(34-28-43)69-59-22-10-6-18-53(59)49-14-2-4-16-51(49)57-39-45(30-36-61(57)69)41-65-67(71)55-20-8-12-24-63(55)77(65,74)75/h1-36,38-41H,37H2/b64-40-,65-41-. The number of hydrogen-bond acceptors (Lipinski definition) is 8. The lowest BCUT2D eigenvalue weighted by Crippen LogP contribution is -2.11. The molecule has 10 aromatic rings. The van der Waals surface area contributed by atoms with E-state index in [1.165, 1.54) is 24.3 Å². The van der Waals surface area contributed by atoms with E-state index < -0.39 is 31.2 Å². The number of allylic oxidation sites excluding steroid dienone is 2. The summed E-state index contributed by atoms with van der Waals surface area (Å²) in [6.45, 7) is 0. The van der Waals surface area contributed by atoms with Gasteiger partial charge in [-0.3, -0.25) is 9.59 Å². The van der Waals surface area contributed by atoms with Crippen molar-refractivity contribution in [3.63, 3.8) is 0 Å². The van der Waals surface area contributed by atoms with Crippen molar-refractivity contribution in [2.45, 2.75) is 16.2 Å². The fraction of sp³-hybridized carbons (Fsp3) is 0.0149. The molecule has 14 rings (SSSR count). The first-order chi connectivity index (χ1) is 37.5. The SMILES string of the molecule is O=C1/C(=C/c2ccc3c(c2)-c2ccccc2-c2ccccc2N3c2ccc(Cc3ccc(N4c5ccccc5-c5ccccc5-c5cc(/C=C6/C(=O)c7ccccc7S6(=O)=O)ccc54)cc3)cc2)S(=O)(=O)c2ccccc21. The number of para-hydroxylation sites is 2. The second-order valence-electron chi connectivity index (χ2n) is 19.5. The van der Waals surface area contributed by atoms with Crippen molar-refractivity contribution in [3.8, 4) is 44.5 Å². The summed E-state index contributed by atoms with van der Waals surface area (Å²) >= 11 is 0. The van der Waals surface area contributed by atoms with Gasteiger partial charge < -0.3 is 9.80 Å². The molecule has 0 atom stereocenters. The Labute approximate surface area is 445 Å². The molecule has 0 amide bonds. The minimum absolute atomic E-state index is 0.0380. The maximum atomic E-state index is 13.7. The van der Waals surface area contributed by atoms with Crippen molar-refractivity contribution in [3.05, 3.63) is 274 Å². The maximum absolute atomic E-state index is 13.7. The lowest BCUT2D eigenvalue weighted by atomic mass is 9.93. The molecule has 10 aromatic carbocycles. The minimum atomic E-state index is -3.99. The molecule has 4 heterocycles. The van der Waals surface area contributed by atoms with E-state index >= 15 is 0 Å². The van der Waals surface area contributed by atoms with Crippen LogP contribution in [0.3, 0.4) is 0 Å². The summed E-state index contributed by atoms with van der Waals surface area (Å²) in [7, 11) is -7.97. The van der Waals surface area contributed by atoms with E-state index in [1.54, 1.807) is 36.4 Å². The zero-order valence-electron chi connectivity index (χ0n) is 41.0. The average Bonchev–Trinajstić information content (AvgIpc) is 3.67. The molecule has 8 nitrogen and oxygen atoms in total. The Kier molecular flexibility index (Phi) is 10.5. The number of hydrogen-bond donors (Lipinski definition) is 0. The first-order valence-electron chi connectivity index (χ1n) is 25.2. The Balaban J connectivity index is 0.797. The molecule has 4 aliphatic rings. The lowest BCUT2D eigenvalue weighted by Gasteiger charge is -2.28. The van der Waals surface area contributed by atoms with Gasteiger partial charge in [-0.05, 0) is 148 Å². The molecule has 10 heteroatoms. The molecule has 0 fully saturated rings. The Morgan fingerprint density at radius 3 is 1.00 bits per heavy atom. The molecule has 0 N–H and O–H groups in total. The first kappa shape index (κ1) is 46.1. The fourth-order valence-electron chi connectivity index (χ4n) is 11.5. The van der Waals surface area contributed by atoms with Gasteiger partial charge in [0.25, 0.3) is 0 Å². The van der Waals surface area contributed by atoms with E-state index in [4.69, 9.17) is 0 Å². The van der Waals surface area contributed by atoms with Crippen LogP contribution >= 0.6 is 0 Å². The molecule has 0 unspecified atom stereocenters. The highest BCUT2D eigenvalue weighted by molar-refractivity contribution is 7.97. The number of carbonyl (C=O) groups is 2. The Hall–Kier alpha value is -9.48. The first-order valence-corrected chi connectivity index (χ1v) is 28.1. The van der Waals surface area contributed by atoms with Gasteiger partial charge in [0, 0.05) is 44.8 Å². The zero-order valence-corrected chi connectivity index (χ0v) is 42.6. The summed E-state index contributed by atoms with van der Waals surface area (Å²) in [6, 6.07) is 74.8. The second-order valence-corrected chi connectivity index (χ2v) is 23.3. The van der Waals surface area contributed by atoms with Crippen LogP contribution in [0.4, 0.5) is 34.1 Å². The van der Waals surface area contributed by atoms with Crippen molar-refractivity contribution < 1.29 is 26.4 Å². The normalized spacial score (nSPS) is 16.1. The molecule has 0 radical (unpaired) electrons. The molecule has 368 valence electrons. The van der Waals surface area contributed by atoms with Crippen LogP contribution < -0.4 is 9.80 Å². The molecule has 0 aliphatic carbocycles. The summed E-state index contributed by atoms with van der Waals surface area (Å²) in [6.07, 6.45) is 3.68. The minimum Gasteiger partial charge on any atom is -0.309 e. The topological polar surface area (TPSA) is 109 Å². The van der Waals surface area contributed by atoms with E-state index in [2.05, 4.69) is 107 Å². The highest BCUT2D eigenvalue weighted by atomic mass is 32.2. The van der Waals surface area contributed by atoms with Crippen molar-refractivity contribution in [1.82, 2.24) is 0 Å². The van der Waals surface area contributed by atoms with Crippen molar-refractivity contribution >= 4 is 77.5 Å². The van der Waals surface area contributed by atoms with E-state index in [9.17, 15) is 26.4 Å². The quantitative estimate of drug-likeness (QED) is 0.152. The van der Waals surface area contributed by atoms with Gasteiger partial charge in [-0.15, -0.1) is 0 Å². The number of nitrogens with zero attached hydrogens (tertiary/aromatic N) is 2. The van der Waals surface area contributed by atoms with Gasteiger partial charge in [0.1, 0.15) is 9.81 Å². The fourth-order valence-corrected chi connectivity index (χ4v) is 14.7. The Bertz CT molecular complexity index is 4210. The van der Waals surface area contributed by atoms with E-state index in [0.29, 0.717) is 17.5 Å². The number of ketones is 2. The average molecular weight is 1040 g/mol. The highest BCUT2D eigenvalue weighted by Crippen LogP contribution is 2.53. The van der Waals surface area contributed by atoms with Crippen LogP contribution in [0.25, 0.3) is 56.7 Å². The van der Waals surface area contributed by atoms with Crippen LogP contribution in [0.5, 0.6) is 0 Å². The van der Waals surface area contributed by atoms with Gasteiger partial charge >= 0.3 is 0 Å². The third-order valence-corrected chi connectivity index (χ3v) is 18.7. The largest absolute Gasteiger partial charge is 0.309 e. The van der Waals surface area contributed by atoms with E-state index in [0.717, 1.165) is 89.8 Å². The molecule has 0 aromatic heterocycles. The Morgan fingerprint density at radius 1 is 0.312 bits per heavy atom.